The fourth-order valence-corrected chi connectivity index (χ4v) is 1.92. The number of aromatic nitrogens is 6. The molecule has 0 saturated carbocycles. The van der Waals surface area contributed by atoms with Crippen molar-refractivity contribution in [3.05, 3.63) is 11.8 Å². The van der Waals surface area contributed by atoms with E-state index in [9.17, 15) is 0 Å². The molecule has 2 heterocycles. The van der Waals surface area contributed by atoms with E-state index >= 15 is 0 Å². The first-order valence-electron chi connectivity index (χ1n) is 5.12. The SMILES string of the molecule is CNCCn1nnnc1SCc1nnc(C)o1. The third kappa shape index (κ3) is 3.24. The number of thioether (sulfide) groups is 1. The number of aryl methyl sites for hydroxylation is 1. The number of rotatable bonds is 6. The van der Waals surface area contributed by atoms with Gasteiger partial charge in [-0.2, -0.15) is 0 Å². The van der Waals surface area contributed by atoms with Crippen LogP contribution in [0.5, 0.6) is 0 Å². The lowest BCUT2D eigenvalue weighted by atomic mass is 10.6. The second-order valence-corrected chi connectivity index (χ2v) is 4.23. The van der Waals surface area contributed by atoms with Gasteiger partial charge in [0.15, 0.2) is 0 Å². The molecule has 2 aromatic rings. The van der Waals surface area contributed by atoms with Crippen LogP contribution in [0.1, 0.15) is 11.8 Å². The van der Waals surface area contributed by atoms with Crippen LogP contribution in [-0.4, -0.2) is 44.0 Å². The van der Waals surface area contributed by atoms with Gasteiger partial charge in [-0.05, 0) is 17.5 Å². The summed E-state index contributed by atoms with van der Waals surface area (Å²) in [6, 6.07) is 0. The van der Waals surface area contributed by atoms with E-state index in [1.807, 2.05) is 7.05 Å². The van der Waals surface area contributed by atoms with E-state index in [1.165, 1.54) is 11.8 Å². The molecule has 0 amide bonds. The Morgan fingerprint density at radius 1 is 1.35 bits per heavy atom. The minimum absolute atomic E-state index is 0.565. The van der Waals surface area contributed by atoms with E-state index < -0.39 is 0 Å². The van der Waals surface area contributed by atoms with Crippen LogP contribution in [0.15, 0.2) is 9.57 Å². The topological polar surface area (TPSA) is 94.6 Å². The Morgan fingerprint density at radius 3 is 2.94 bits per heavy atom. The van der Waals surface area contributed by atoms with Crippen molar-refractivity contribution in [2.24, 2.45) is 0 Å². The van der Waals surface area contributed by atoms with Gasteiger partial charge in [-0.3, -0.25) is 0 Å². The lowest BCUT2D eigenvalue weighted by Crippen LogP contribution is -2.16. The smallest absolute Gasteiger partial charge is 0.226 e. The fourth-order valence-electron chi connectivity index (χ4n) is 1.18. The van der Waals surface area contributed by atoms with Crippen molar-refractivity contribution in [1.29, 1.82) is 0 Å². The van der Waals surface area contributed by atoms with Gasteiger partial charge >= 0.3 is 0 Å². The largest absolute Gasteiger partial charge is 0.425 e. The highest BCUT2D eigenvalue weighted by molar-refractivity contribution is 7.98. The molecule has 0 saturated heterocycles. The highest BCUT2D eigenvalue weighted by atomic mass is 32.2. The average molecular weight is 255 g/mol. The molecule has 0 bridgehead atoms. The molecular weight excluding hydrogens is 242 g/mol. The molecule has 0 aromatic carbocycles. The molecule has 17 heavy (non-hydrogen) atoms. The molecule has 0 fully saturated rings. The van der Waals surface area contributed by atoms with Crippen LogP contribution in [0.3, 0.4) is 0 Å². The molecule has 1 N–H and O–H groups in total. The molecule has 0 aliphatic heterocycles. The number of likely N-dealkylation sites (N-methyl/N-ethyl adjacent to an activating group) is 1. The van der Waals surface area contributed by atoms with Crippen molar-refractivity contribution in [3.8, 4) is 0 Å². The standard InChI is InChI=1S/C8H13N7OS/c1-6-10-11-7(16-6)5-17-8-12-13-14-15(8)4-3-9-2/h9H,3-5H2,1-2H3. The van der Waals surface area contributed by atoms with Gasteiger partial charge in [0.05, 0.1) is 12.3 Å². The van der Waals surface area contributed by atoms with Gasteiger partial charge in [0, 0.05) is 13.5 Å². The summed E-state index contributed by atoms with van der Waals surface area (Å²) in [4.78, 5) is 0. The van der Waals surface area contributed by atoms with Crippen LogP contribution >= 0.6 is 11.8 Å². The molecule has 0 atom stereocenters. The fraction of sp³-hybridized carbons (Fsp3) is 0.625. The Bertz CT molecular complexity index is 468. The zero-order valence-electron chi connectivity index (χ0n) is 9.62. The summed E-state index contributed by atoms with van der Waals surface area (Å²) in [5, 5.41) is 22.9. The van der Waals surface area contributed by atoms with E-state index in [4.69, 9.17) is 4.42 Å². The number of hydrogen-bond donors (Lipinski definition) is 1. The van der Waals surface area contributed by atoms with E-state index in [2.05, 4.69) is 31.0 Å². The third-order valence-corrected chi connectivity index (χ3v) is 2.91. The Labute approximate surface area is 102 Å². The molecule has 9 heteroatoms. The summed E-state index contributed by atoms with van der Waals surface area (Å²) in [5.41, 5.74) is 0. The molecule has 2 rings (SSSR count). The van der Waals surface area contributed by atoms with Crippen LogP contribution in [0.4, 0.5) is 0 Å². The van der Waals surface area contributed by atoms with E-state index in [0.717, 1.165) is 18.2 Å². The Kier molecular flexibility index (Phi) is 4.04. The second kappa shape index (κ2) is 5.73. The molecule has 0 aliphatic carbocycles. The summed E-state index contributed by atoms with van der Waals surface area (Å²) in [6.07, 6.45) is 0. The zero-order chi connectivity index (χ0) is 12.1. The highest BCUT2D eigenvalue weighted by Gasteiger charge is 2.09. The van der Waals surface area contributed by atoms with Gasteiger partial charge in [0.2, 0.25) is 16.9 Å². The van der Waals surface area contributed by atoms with Gasteiger partial charge < -0.3 is 9.73 Å². The molecule has 8 nitrogen and oxygen atoms in total. The molecule has 0 unspecified atom stereocenters. The summed E-state index contributed by atoms with van der Waals surface area (Å²) < 4.78 is 7.01. The molecular formula is C8H13N7OS. The quantitative estimate of drug-likeness (QED) is 0.714. The summed E-state index contributed by atoms with van der Waals surface area (Å²) in [7, 11) is 1.89. The number of hydrogen-bond acceptors (Lipinski definition) is 8. The summed E-state index contributed by atoms with van der Waals surface area (Å²) >= 11 is 1.47. The molecule has 92 valence electrons. The third-order valence-electron chi connectivity index (χ3n) is 1.97. The van der Waals surface area contributed by atoms with Crippen molar-refractivity contribution in [1.82, 2.24) is 35.7 Å². The predicted octanol–water partition coefficient (Wildman–Crippen LogP) is -0.124. The van der Waals surface area contributed by atoms with Crippen molar-refractivity contribution in [3.63, 3.8) is 0 Å². The predicted molar refractivity (Wildman–Crippen MR) is 60.3 cm³/mol. The minimum atomic E-state index is 0.565. The van der Waals surface area contributed by atoms with Crippen molar-refractivity contribution in [2.45, 2.75) is 24.4 Å². The lowest BCUT2D eigenvalue weighted by Gasteiger charge is -2.01. The Balaban J connectivity index is 1.92. The van der Waals surface area contributed by atoms with Gasteiger partial charge in [-0.25, -0.2) is 4.68 Å². The summed E-state index contributed by atoms with van der Waals surface area (Å²) in [6.45, 7) is 3.31. The second-order valence-electron chi connectivity index (χ2n) is 3.29. The number of nitrogens with zero attached hydrogens (tertiary/aromatic N) is 6. The average Bonchev–Trinajstić information content (AvgIpc) is 2.92. The first-order valence-corrected chi connectivity index (χ1v) is 6.10. The van der Waals surface area contributed by atoms with Gasteiger partial charge in [-0.1, -0.05) is 11.8 Å². The van der Waals surface area contributed by atoms with Gasteiger partial charge in [0.25, 0.3) is 0 Å². The summed E-state index contributed by atoms with van der Waals surface area (Å²) in [5.74, 6) is 1.71. The monoisotopic (exact) mass is 255 g/mol. The highest BCUT2D eigenvalue weighted by Crippen LogP contribution is 2.18. The van der Waals surface area contributed by atoms with Crippen LogP contribution in [0, 0.1) is 6.92 Å². The maximum atomic E-state index is 5.27. The van der Waals surface area contributed by atoms with E-state index in [1.54, 1.807) is 11.6 Å². The number of tetrazole rings is 1. The van der Waals surface area contributed by atoms with Crippen LogP contribution < -0.4 is 5.32 Å². The van der Waals surface area contributed by atoms with Crippen LogP contribution in [-0.2, 0) is 12.3 Å². The Hall–Kier alpha value is -1.48. The number of nitrogens with one attached hydrogen (secondary N) is 1. The van der Waals surface area contributed by atoms with Crippen molar-refractivity contribution in [2.75, 3.05) is 13.6 Å². The lowest BCUT2D eigenvalue weighted by molar-refractivity contribution is 0.484. The molecule has 2 aromatic heterocycles. The molecule has 0 aliphatic rings. The van der Waals surface area contributed by atoms with Crippen molar-refractivity contribution >= 4 is 11.8 Å². The molecule has 0 radical (unpaired) electrons. The first kappa shape index (κ1) is 12.0. The zero-order valence-corrected chi connectivity index (χ0v) is 10.4. The molecule has 0 spiro atoms. The van der Waals surface area contributed by atoms with Crippen molar-refractivity contribution < 1.29 is 4.42 Å². The van der Waals surface area contributed by atoms with E-state index in [0.29, 0.717) is 17.5 Å². The normalized spacial score (nSPS) is 10.9. The minimum Gasteiger partial charge on any atom is -0.425 e. The van der Waals surface area contributed by atoms with Crippen LogP contribution in [0.25, 0.3) is 0 Å². The maximum Gasteiger partial charge on any atom is 0.226 e. The van der Waals surface area contributed by atoms with Gasteiger partial charge in [0.1, 0.15) is 0 Å². The first-order chi connectivity index (χ1) is 8.29. The van der Waals surface area contributed by atoms with Gasteiger partial charge in [-0.15, -0.1) is 15.3 Å². The Morgan fingerprint density at radius 2 is 2.24 bits per heavy atom. The van der Waals surface area contributed by atoms with Crippen LogP contribution in [0.2, 0.25) is 0 Å². The maximum absolute atomic E-state index is 5.27. The van der Waals surface area contributed by atoms with E-state index in [-0.39, 0.29) is 0 Å².